The van der Waals surface area contributed by atoms with Gasteiger partial charge in [-0.05, 0) is 55.9 Å². The van der Waals surface area contributed by atoms with Crippen molar-refractivity contribution in [3.63, 3.8) is 0 Å². The van der Waals surface area contributed by atoms with Crippen molar-refractivity contribution in [2.24, 2.45) is 5.41 Å². The summed E-state index contributed by atoms with van der Waals surface area (Å²) >= 11 is 1.36. The Balaban J connectivity index is 1.53. The van der Waals surface area contributed by atoms with Crippen LogP contribution < -0.4 is 5.32 Å². The Hall–Kier alpha value is -2.10. The van der Waals surface area contributed by atoms with E-state index in [1.807, 2.05) is 6.26 Å². The molecule has 2 aromatic rings. The van der Waals surface area contributed by atoms with E-state index in [-0.39, 0.29) is 23.6 Å². The number of hydrogen-bond donors (Lipinski definition) is 1. The molecule has 2 aromatic heterocycles. The van der Waals surface area contributed by atoms with Crippen molar-refractivity contribution in [2.75, 3.05) is 11.6 Å². The molecule has 4 aliphatic carbocycles. The summed E-state index contributed by atoms with van der Waals surface area (Å²) in [6.07, 6.45) is 0.817. The number of alkyl halides is 4. The fourth-order valence-electron chi connectivity index (χ4n) is 4.88. The van der Waals surface area contributed by atoms with Gasteiger partial charge in [0.2, 0.25) is 0 Å². The normalized spacial score (nSPS) is 27.4. The van der Waals surface area contributed by atoms with E-state index in [9.17, 15) is 22.4 Å². The Morgan fingerprint density at radius 1 is 1.33 bits per heavy atom. The molecule has 2 bridgehead atoms. The minimum absolute atomic E-state index is 0.0614. The standard InChI is InChI=1S/C20H20F4N4OS/c1-30-13-6-12(4-5-25-13)26-17(29)16-14(20(22,23)24)15(11-2-3-11)27-28(16)10-18-7-19(21,8-18)9-18/h4-6,11H,2-3,7-10H2,1H3,(H,25,26,29). The number of carbonyl (C=O) groups is 1. The third-order valence-electron chi connectivity index (χ3n) is 6.20. The number of halogens is 4. The van der Waals surface area contributed by atoms with Crippen LogP contribution in [0.1, 0.15) is 59.8 Å². The Kier molecular flexibility index (Phi) is 4.26. The molecule has 6 rings (SSSR count). The van der Waals surface area contributed by atoms with Gasteiger partial charge in [0, 0.05) is 24.3 Å². The van der Waals surface area contributed by atoms with Crippen LogP contribution in [0.15, 0.2) is 23.4 Å². The maximum absolute atomic E-state index is 14.0. The van der Waals surface area contributed by atoms with Gasteiger partial charge in [-0.25, -0.2) is 9.37 Å². The first-order valence-corrected chi connectivity index (χ1v) is 11.0. The molecule has 0 aliphatic heterocycles. The van der Waals surface area contributed by atoms with E-state index >= 15 is 0 Å². The van der Waals surface area contributed by atoms with E-state index in [1.54, 1.807) is 6.07 Å². The molecule has 0 saturated heterocycles. The van der Waals surface area contributed by atoms with E-state index in [4.69, 9.17) is 0 Å². The zero-order valence-electron chi connectivity index (χ0n) is 16.2. The highest BCUT2D eigenvalue weighted by Gasteiger charge is 2.69. The minimum atomic E-state index is -4.70. The van der Waals surface area contributed by atoms with Crippen molar-refractivity contribution in [3.05, 3.63) is 35.3 Å². The highest BCUT2D eigenvalue weighted by molar-refractivity contribution is 7.98. The zero-order chi connectivity index (χ0) is 21.3. The van der Waals surface area contributed by atoms with Gasteiger partial charge in [0.25, 0.3) is 5.91 Å². The van der Waals surface area contributed by atoms with Gasteiger partial charge >= 0.3 is 6.18 Å². The summed E-state index contributed by atoms with van der Waals surface area (Å²) in [5, 5.41) is 7.46. The van der Waals surface area contributed by atoms with Crippen molar-refractivity contribution in [2.45, 2.75) is 61.4 Å². The number of nitrogens with one attached hydrogen (secondary N) is 1. The second kappa shape index (κ2) is 6.45. The average molecular weight is 440 g/mol. The molecule has 0 atom stereocenters. The molecule has 1 amide bonds. The number of hydrogen-bond acceptors (Lipinski definition) is 4. The Labute approximate surface area is 174 Å². The number of rotatable bonds is 6. The summed E-state index contributed by atoms with van der Waals surface area (Å²) in [7, 11) is 0. The summed E-state index contributed by atoms with van der Waals surface area (Å²) in [5.74, 6) is -1.14. The first kappa shape index (κ1) is 19.8. The van der Waals surface area contributed by atoms with Gasteiger partial charge in [0.15, 0.2) is 0 Å². The van der Waals surface area contributed by atoms with Gasteiger partial charge in [-0.15, -0.1) is 11.8 Å². The molecular formula is C20H20F4N4OS. The topological polar surface area (TPSA) is 59.8 Å². The van der Waals surface area contributed by atoms with Gasteiger partial charge in [-0.2, -0.15) is 18.3 Å². The number of pyridine rings is 1. The third-order valence-corrected chi connectivity index (χ3v) is 6.85. The number of anilines is 1. The van der Waals surface area contributed by atoms with E-state index in [0.29, 0.717) is 42.8 Å². The highest BCUT2D eigenvalue weighted by Crippen LogP contribution is 2.70. The summed E-state index contributed by atoms with van der Waals surface area (Å²) in [5.41, 5.74) is -2.70. The predicted octanol–water partition coefficient (Wildman–Crippen LogP) is 5.04. The minimum Gasteiger partial charge on any atom is -0.321 e. The second-order valence-corrected chi connectivity index (χ2v) is 9.59. The Bertz CT molecular complexity index is 1010. The molecule has 4 fully saturated rings. The first-order valence-electron chi connectivity index (χ1n) is 9.80. The average Bonchev–Trinajstić information content (AvgIpc) is 3.39. The number of amides is 1. The molecular weight excluding hydrogens is 420 g/mol. The molecule has 30 heavy (non-hydrogen) atoms. The molecule has 2 heterocycles. The van der Waals surface area contributed by atoms with Gasteiger partial charge in [-0.1, -0.05) is 0 Å². The summed E-state index contributed by atoms with van der Waals surface area (Å²) < 4.78 is 57.2. The van der Waals surface area contributed by atoms with Crippen LogP contribution in [0.25, 0.3) is 0 Å². The lowest BCUT2D eigenvalue weighted by atomic mass is 9.42. The number of aromatic nitrogens is 3. The van der Waals surface area contributed by atoms with Crippen LogP contribution in [-0.4, -0.2) is 32.6 Å². The largest absolute Gasteiger partial charge is 0.420 e. The maximum Gasteiger partial charge on any atom is 0.420 e. The Morgan fingerprint density at radius 2 is 2.03 bits per heavy atom. The van der Waals surface area contributed by atoms with Crippen LogP contribution in [0.2, 0.25) is 0 Å². The fraction of sp³-hybridized carbons (Fsp3) is 0.550. The quantitative estimate of drug-likeness (QED) is 0.505. The van der Waals surface area contributed by atoms with E-state index in [1.165, 1.54) is 28.7 Å². The van der Waals surface area contributed by atoms with Gasteiger partial charge in [0.05, 0.1) is 10.7 Å². The lowest BCUT2D eigenvalue weighted by Crippen LogP contribution is -2.65. The summed E-state index contributed by atoms with van der Waals surface area (Å²) in [6.45, 7) is 0.129. The maximum atomic E-state index is 14.0. The molecule has 5 nitrogen and oxygen atoms in total. The number of thioether (sulfide) groups is 1. The first-order chi connectivity index (χ1) is 14.1. The van der Waals surface area contributed by atoms with Crippen LogP contribution in [-0.2, 0) is 12.7 Å². The van der Waals surface area contributed by atoms with Crippen LogP contribution in [0.5, 0.6) is 0 Å². The second-order valence-electron chi connectivity index (χ2n) is 8.76. The molecule has 4 aliphatic rings. The van der Waals surface area contributed by atoms with E-state index in [2.05, 4.69) is 15.4 Å². The van der Waals surface area contributed by atoms with Crippen LogP contribution in [0, 0.1) is 5.41 Å². The SMILES string of the molecule is CSc1cc(NC(=O)c2c(C(F)(F)F)c(C3CC3)nn2CC23CC(F)(C2)C3)ccn1. The smallest absolute Gasteiger partial charge is 0.321 e. The van der Waals surface area contributed by atoms with E-state index in [0.717, 1.165) is 0 Å². The summed E-state index contributed by atoms with van der Waals surface area (Å²) in [4.78, 5) is 17.2. The molecule has 0 aromatic carbocycles. The van der Waals surface area contributed by atoms with E-state index < -0.39 is 29.0 Å². The van der Waals surface area contributed by atoms with Gasteiger partial charge in [0.1, 0.15) is 16.9 Å². The molecule has 160 valence electrons. The lowest BCUT2D eigenvalue weighted by molar-refractivity contribution is -0.221. The van der Waals surface area contributed by atoms with Crippen LogP contribution >= 0.6 is 11.8 Å². The van der Waals surface area contributed by atoms with Crippen LogP contribution in [0.4, 0.5) is 23.2 Å². The number of nitrogens with zero attached hydrogens (tertiary/aromatic N) is 3. The van der Waals surface area contributed by atoms with Crippen LogP contribution in [0.3, 0.4) is 0 Å². The van der Waals surface area contributed by atoms with Crippen molar-refractivity contribution < 1.29 is 22.4 Å². The third kappa shape index (κ3) is 3.29. The number of carbonyl (C=O) groups excluding carboxylic acids is 1. The van der Waals surface area contributed by atoms with Crippen molar-refractivity contribution in [1.82, 2.24) is 14.8 Å². The van der Waals surface area contributed by atoms with Crippen molar-refractivity contribution in [1.29, 1.82) is 0 Å². The predicted molar refractivity (Wildman–Crippen MR) is 103 cm³/mol. The fourth-order valence-corrected chi connectivity index (χ4v) is 5.29. The summed E-state index contributed by atoms with van der Waals surface area (Å²) in [6, 6.07) is 3.13. The van der Waals surface area contributed by atoms with Crippen molar-refractivity contribution in [3.8, 4) is 0 Å². The van der Waals surface area contributed by atoms with Crippen molar-refractivity contribution >= 4 is 23.4 Å². The zero-order valence-corrected chi connectivity index (χ0v) is 17.0. The molecule has 0 radical (unpaired) electrons. The van der Waals surface area contributed by atoms with Gasteiger partial charge in [-0.3, -0.25) is 9.48 Å². The highest BCUT2D eigenvalue weighted by atomic mass is 32.2. The molecule has 1 N–H and O–H groups in total. The molecule has 0 unspecified atom stereocenters. The lowest BCUT2D eigenvalue weighted by Gasteiger charge is -2.65. The monoisotopic (exact) mass is 440 g/mol. The Morgan fingerprint density at radius 3 is 2.60 bits per heavy atom. The van der Waals surface area contributed by atoms with Gasteiger partial charge < -0.3 is 5.32 Å². The molecule has 4 saturated carbocycles. The molecule has 10 heteroatoms. The molecule has 0 spiro atoms.